The van der Waals surface area contributed by atoms with E-state index in [1.165, 1.54) is 10.9 Å². The predicted octanol–water partition coefficient (Wildman–Crippen LogP) is 2.90. The Bertz CT molecular complexity index is 887. The van der Waals surface area contributed by atoms with Gasteiger partial charge in [-0.3, -0.25) is 4.79 Å². The van der Waals surface area contributed by atoms with Crippen LogP contribution >= 0.6 is 0 Å². The summed E-state index contributed by atoms with van der Waals surface area (Å²) in [7, 11) is 4.11. The molecule has 2 aromatic heterocycles. The fourth-order valence-electron chi connectivity index (χ4n) is 3.03. The van der Waals surface area contributed by atoms with Crippen LogP contribution in [0.1, 0.15) is 22.3 Å². The van der Waals surface area contributed by atoms with E-state index in [1.807, 2.05) is 18.3 Å². The summed E-state index contributed by atoms with van der Waals surface area (Å²) in [4.78, 5) is 22.1. The van der Waals surface area contributed by atoms with Crippen LogP contribution in [0.15, 0.2) is 48.8 Å². The molecule has 0 atom stereocenters. The molecule has 1 aromatic carbocycles. The van der Waals surface area contributed by atoms with Crippen LogP contribution in [0, 0.1) is 0 Å². The number of nitrogens with zero attached hydrogens (tertiary/aromatic N) is 2. The summed E-state index contributed by atoms with van der Waals surface area (Å²) in [6.07, 6.45) is 5.49. The molecule has 3 rings (SSSR count). The number of anilines is 1. The summed E-state index contributed by atoms with van der Waals surface area (Å²) in [6.45, 7) is 2.44. The number of pyridine rings is 1. The summed E-state index contributed by atoms with van der Waals surface area (Å²) >= 11 is 0. The maximum absolute atomic E-state index is 12.4. The minimum absolute atomic E-state index is 0.0754. The van der Waals surface area contributed by atoms with Gasteiger partial charge in [0.1, 0.15) is 5.82 Å². The molecule has 3 aromatic rings. The monoisotopic (exact) mass is 365 g/mol. The normalized spacial score (nSPS) is 11.1. The van der Waals surface area contributed by atoms with E-state index in [2.05, 4.69) is 51.7 Å². The number of aromatic amines is 1. The summed E-state index contributed by atoms with van der Waals surface area (Å²) in [5.74, 6) is 0.659. The van der Waals surface area contributed by atoms with Crippen molar-refractivity contribution in [2.45, 2.75) is 12.8 Å². The number of hydrogen-bond donors (Lipinski definition) is 3. The highest BCUT2D eigenvalue weighted by Crippen LogP contribution is 2.17. The van der Waals surface area contributed by atoms with Gasteiger partial charge in [0.05, 0.1) is 0 Å². The number of carbonyl (C=O) groups is 1. The first-order valence-corrected chi connectivity index (χ1v) is 9.31. The van der Waals surface area contributed by atoms with Crippen molar-refractivity contribution in [3.8, 4) is 0 Å². The summed E-state index contributed by atoms with van der Waals surface area (Å²) in [5, 5.41) is 7.48. The second kappa shape index (κ2) is 9.19. The first-order valence-electron chi connectivity index (χ1n) is 9.31. The van der Waals surface area contributed by atoms with E-state index in [9.17, 15) is 4.79 Å². The van der Waals surface area contributed by atoms with Crippen LogP contribution in [0.2, 0.25) is 0 Å². The topological polar surface area (TPSA) is 73.1 Å². The summed E-state index contributed by atoms with van der Waals surface area (Å²) in [5.41, 5.74) is 2.96. The Morgan fingerprint density at radius 2 is 2.04 bits per heavy atom. The van der Waals surface area contributed by atoms with Gasteiger partial charge in [-0.25, -0.2) is 4.98 Å². The lowest BCUT2D eigenvalue weighted by Gasteiger charge is -2.11. The average Bonchev–Trinajstić information content (AvgIpc) is 3.08. The molecule has 0 unspecified atom stereocenters. The highest BCUT2D eigenvalue weighted by atomic mass is 16.1. The largest absolute Gasteiger partial charge is 0.370 e. The van der Waals surface area contributed by atoms with Crippen molar-refractivity contribution in [3.05, 3.63) is 59.9 Å². The van der Waals surface area contributed by atoms with Crippen molar-refractivity contribution in [1.29, 1.82) is 0 Å². The molecular formula is C21H27N5O. The van der Waals surface area contributed by atoms with E-state index >= 15 is 0 Å². The Balaban J connectivity index is 1.50. The van der Waals surface area contributed by atoms with Gasteiger partial charge in [-0.1, -0.05) is 18.2 Å². The third kappa shape index (κ3) is 5.31. The molecule has 0 bridgehead atoms. The van der Waals surface area contributed by atoms with Gasteiger partial charge in [-0.15, -0.1) is 0 Å². The first-order chi connectivity index (χ1) is 13.1. The van der Waals surface area contributed by atoms with Crippen LogP contribution in [0.5, 0.6) is 0 Å². The van der Waals surface area contributed by atoms with Crippen LogP contribution < -0.4 is 10.6 Å². The fourth-order valence-corrected chi connectivity index (χ4v) is 3.03. The molecule has 0 saturated carbocycles. The molecule has 1 amide bonds. The number of para-hydroxylation sites is 1. The Hall–Kier alpha value is -2.86. The number of benzene rings is 1. The van der Waals surface area contributed by atoms with E-state index in [0.29, 0.717) is 12.1 Å². The van der Waals surface area contributed by atoms with E-state index in [1.54, 1.807) is 18.3 Å². The van der Waals surface area contributed by atoms with E-state index in [4.69, 9.17) is 0 Å². The van der Waals surface area contributed by atoms with Gasteiger partial charge in [0.15, 0.2) is 0 Å². The van der Waals surface area contributed by atoms with Crippen molar-refractivity contribution < 1.29 is 4.79 Å². The molecule has 0 spiro atoms. The van der Waals surface area contributed by atoms with Crippen LogP contribution in [0.25, 0.3) is 10.9 Å². The molecule has 2 heterocycles. The fraction of sp³-hybridized carbons (Fsp3) is 0.333. The van der Waals surface area contributed by atoms with Gasteiger partial charge in [-0.2, -0.15) is 0 Å². The minimum Gasteiger partial charge on any atom is -0.370 e. The predicted molar refractivity (Wildman–Crippen MR) is 110 cm³/mol. The molecule has 0 aliphatic carbocycles. The Labute approximate surface area is 160 Å². The van der Waals surface area contributed by atoms with Crippen LogP contribution in [-0.4, -0.2) is 54.5 Å². The van der Waals surface area contributed by atoms with Gasteiger partial charge in [0, 0.05) is 41.9 Å². The van der Waals surface area contributed by atoms with Gasteiger partial charge < -0.3 is 20.5 Å². The highest BCUT2D eigenvalue weighted by molar-refractivity contribution is 5.94. The summed E-state index contributed by atoms with van der Waals surface area (Å²) < 4.78 is 0. The molecule has 6 nitrogen and oxygen atoms in total. The first kappa shape index (κ1) is 18.9. The molecule has 3 N–H and O–H groups in total. The zero-order valence-corrected chi connectivity index (χ0v) is 16.0. The Morgan fingerprint density at radius 1 is 1.19 bits per heavy atom. The Kier molecular flexibility index (Phi) is 6.44. The van der Waals surface area contributed by atoms with Crippen LogP contribution in [0.4, 0.5) is 5.82 Å². The van der Waals surface area contributed by atoms with Crippen molar-refractivity contribution in [2.24, 2.45) is 0 Å². The third-order valence-electron chi connectivity index (χ3n) is 4.47. The number of nitrogens with one attached hydrogen (secondary N) is 3. The lowest BCUT2D eigenvalue weighted by molar-refractivity contribution is 0.0954. The van der Waals surface area contributed by atoms with Gasteiger partial charge in [0.2, 0.25) is 0 Å². The van der Waals surface area contributed by atoms with Gasteiger partial charge >= 0.3 is 0 Å². The Morgan fingerprint density at radius 3 is 2.89 bits per heavy atom. The van der Waals surface area contributed by atoms with Crippen molar-refractivity contribution in [3.63, 3.8) is 0 Å². The van der Waals surface area contributed by atoms with E-state index in [-0.39, 0.29) is 5.91 Å². The standard InChI is InChI=1S/C21H27N5O/c1-26(2)13-5-10-22-20-14-16(8-11-23-20)21(27)24-12-9-17-15-25-19-7-4-3-6-18(17)19/h3-4,6-8,11,14-15,25H,5,9-10,12-13H2,1-2H3,(H,22,23)(H,24,27). The SMILES string of the molecule is CN(C)CCCNc1cc(C(=O)NCCc2c[nH]c3ccccc23)ccn1. The quantitative estimate of drug-likeness (QED) is 0.510. The van der Waals surface area contributed by atoms with Crippen molar-refractivity contribution in [2.75, 3.05) is 39.0 Å². The number of fused-ring (bicyclic) bond motifs is 1. The maximum atomic E-state index is 12.4. The zero-order valence-electron chi connectivity index (χ0n) is 16.0. The number of aromatic nitrogens is 2. The molecule has 142 valence electrons. The lowest BCUT2D eigenvalue weighted by atomic mass is 10.1. The lowest BCUT2D eigenvalue weighted by Crippen LogP contribution is -2.25. The number of hydrogen-bond acceptors (Lipinski definition) is 4. The molecule has 0 aliphatic rings. The maximum Gasteiger partial charge on any atom is 0.251 e. The van der Waals surface area contributed by atoms with Gasteiger partial charge in [0.25, 0.3) is 5.91 Å². The molecular weight excluding hydrogens is 338 g/mol. The second-order valence-electron chi connectivity index (χ2n) is 6.88. The number of H-pyrrole nitrogens is 1. The third-order valence-corrected chi connectivity index (χ3v) is 4.47. The molecule has 0 saturated heterocycles. The van der Waals surface area contributed by atoms with Crippen molar-refractivity contribution >= 4 is 22.6 Å². The second-order valence-corrected chi connectivity index (χ2v) is 6.88. The smallest absolute Gasteiger partial charge is 0.251 e. The molecule has 0 fully saturated rings. The number of rotatable bonds is 9. The molecule has 27 heavy (non-hydrogen) atoms. The molecule has 0 radical (unpaired) electrons. The zero-order chi connectivity index (χ0) is 19.1. The highest BCUT2D eigenvalue weighted by Gasteiger charge is 2.08. The van der Waals surface area contributed by atoms with E-state index in [0.717, 1.165) is 37.3 Å². The van der Waals surface area contributed by atoms with Crippen LogP contribution in [-0.2, 0) is 6.42 Å². The number of carbonyl (C=O) groups excluding carboxylic acids is 1. The van der Waals surface area contributed by atoms with Gasteiger partial charge in [-0.05, 0) is 57.2 Å². The molecule has 0 aliphatic heterocycles. The number of amides is 1. The van der Waals surface area contributed by atoms with Crippen LogP contribution in [0.3, 0.4) is 0 Å². The summed E-state index contributed by atoms with van der Waals surface area (Å²) in [6, 6.07) is 11.7. The van der Waals surface area contributed by atoms with E-state index < -0.39 is 0 Å². The van der Waals surface area contributed by atoms with Crippen molar-refractivity contribution in [1.82, 2.24) is 20.2 Å². The average molecular weight is 365 g/mol. The minimum atomic E-state index is -0.0754. The molecule has 6 heteroatoms.